The largest absolute Gasteiger partial charge is 0.309 e. The van der Waals surface area contributed by atoms with Crippen molar-refractivity contribution in [1.29, 1.82) is 0 Å². The van der Waals surface area contributed by atoms with E-state index in [-0.39, 0.29) is 5.54 Å². The zero-order chi connectivity index (χ0) is 10.6. The molecule has 0 heterocycles. The zero-order valence-electron chi connectivity index (χ0n) is 9.67. The van der Waals surface area contributed by atoms with E-state index in [0.29, 0.717) is 6.04 Å². The molecule has 0 aliphatic heterocycles. The van der Waals surface area contributed by atoms with Crippen molar-refractivity contribution in [2.45, 2.75) is 45.7 Å². The van der Waals surface area contributed by atoms with Gasteiger partial charge in [0.05, 0.1) is 0 Å². The molecule has 0 aromatic heterocycles. The van der Waals surface area contributed by atoms with Gasteiger partial charge in [0, 0.05) is 11.6 Å². The van der Waals surface area contributed by atoms with Gasteiger partial charge in [0.2, 0.25) is 0 Å². The lowest BCUT2D eigenvalue weighted by atomic mass is 10.0. The van der Waals surface area contributed by atoms with Gasteiger partial charge in [-0.2, -0.15) is 0 Å². The molecule has 1 atom stereocenters. The monoisotopic (exact) mass is 191 g/mol. The second-order valence-corrected chi connectivity index (χ2v) is 4.99. The molecule has 0 fully saturated rings. The molecule has 0 aliphatic rings. The van der Waals surface area contributed by atoms with Gasteiger partial charge in [-0.3, -0.25) is 0 Å². The van der Waals surface area contributed by atoms with Crippen molar-refractivity contribution in [3.63, 3.8) is 0 Å². The molecular formula is C13H21N. The van der Waals surface area contributed by atoms with Gasteiger partial charge in [-0.25, -0.2) is 0 Å². The number of hydrogen-bond acceptors (Lipinski definition) is 1. The third-order valence-electron chi connectivity index (χ3n) is 2.06. The molecule has 0 aliphatic carbocycles. The Morgan fingerprint density at radius 1 is 1.14 bits per heavy atom. The average Bonchev–Trinajstić information content (AvgIpc) is 2.02. The minimum absolute atomic E-state index is 0.203. The first-order chi connectivity index (χ1) is 6.47. The predicted octanol–water partition coefficient (Wildman–Crippen LogP) is 3.01. The predicted molar refractivity (Wildman–Crippen MR) is 62.5 cm³/mol. The second-order valence-electron chi connectivity index (χ2n) is 4.99. The summed E-state index contributed by atoms with van der Waals surface area (Å²) in [4.78, 5) is 0. The lowest BCUT2D eigenvalue weighted by Gasteiger charge is -2.26. The van der Waals surface area contributed by atoms with Crippen LogP contribution in [0.25, 0.3) is 0 Å². The van der Waals surface area contributed by atoms with Gasteiger partial charge in [0.25, 0.3) is 0 Å². The quantitative estimate of drug-likeness (QED) is 0.774. The summed E-state index contributed by atoms with van der Waals surface area (Å²) >= 11 is 0. The summed E-state index contributed by atoms with van der Waals surface area (Å²) in [5, 5.41) is 3.57. The Morgan fingerprint density at radius 3 is 2.21 bits per heavy atom. The molecule has 1 nitrogen and oxygen atoms in total. The lowest BCUT2D eigenvalue weighted by Crippen LogP contribution is -2.43. The van der Waals surface area contributed by atoms with Crippen LogP contribution < -0.4 is 5.32 Å². The first-order valence-electron chi connectivity index (χ1n) is 5.29. The topological polar surface area (TPSA) is 12.0 Å². The van der Waals surface area contributed by atoms with Crippen LogP contribution in [0.2, 0.25) is 0 Å². The van der Waals surface area contributed by atoms with Crippen molar-refractivity contribution < 1.29 is 0 Å². The molecule has 78 valence electrons. The average molecular weight is 191 g/mol. The van der Waals surface area contributed by atoms with Gasteiger partial charge in [-0.15, -0.1) is 0 Å². The van der Waals surface area contributed by atoms with E-state index in [9.17, 15) is 0 Å². The Morgan fingerprint density at radius 2 is 1.71 bits per heavy atom. The number of benzene rings is 1. The Kier molecular flexibility index (Phi) is 3.70. The molecular weight excluding hydrogens is 170 g/mol. The third kappa shape index (κ3) is 4.43. The first-order valence-corrected chi connectivity index (χ1v) is 5.29. The van der Waals surface area contributed by atoms with Crippen molar-refractivity contribution >= 4 is 0 Å². The fourth-order valence-corrected chi connectivity index (χ4v) is 1.76. The third-order valence-corrected chi connectivity index (χ3v) is 2.06. The highest BCUT2D eigenvalue weighted by molar-refractivity contribution is 5.15. The normalized spacial score (nSPS) is 14.0. The summed E-state index contributed by atoms with van der Waals surface area (Å²) in [6.07, 6.45) is 1.10. The van der Waals surface area contributed by atoms with Crippen LogP contribution in [0, 0.1) is 0 Å². The van der Waals surface area contributed by atoms with Gasteiger partial charge < -0.3 is 5.32 Å². The first kappa shape index (κ1) is 11.3. The molecule has 0 bridgehead atoms. The van der Waals surface area contributed by atoms with Gasteiger partial charge in [-0.05, 0) is 39.7 Å². The van der Waals surface area contributed by atoms with Crippen molar-refractivity contribution in [2.24, 2.45) is 0 Å². The maximum Gasteiger partial charge on any atom is 0.00991 e. The number of nitrogens with one attached hydrogen (secondary N) is 1. The van der Waals surface area contributed by atoms with Gasteiger partial charge >= 0.3 is 0 Å². The number of hydrogen-bond donors (Lipinski definition) is 1. The Bertz CT molecular complexity index is 258. The van der Waals surface area contributed by atoms with Crippen LogP contribution in [-0.2, 0) is 6.42 Å². The molecule has 0 saturated heterocycles. The van der Waals surface area contributed by atoms with Crippen molar-refractivity contribution in [3.8, 4) is 0 Å². The van der Waals surface area contributed by atoms with Gasteiger partial charge in [0.15, 0.2) is 0 Å². The van der Waals surface area contributed by atoms with E-state index in [1.807, 2.05) is 0 Å². The van der Waals surface area contributed by atoms with Crippen LogP contribution in [0.3, 0.4) is 0 Å². The molecule has 0 amide bonds. The van der Waals surface area contributed by atoms with E-state index in [0.717, 1.165) is 6.42 Å². The van der Waals surface area contributed by atoms with E-state index in [1.54, 1.807) is 0 Å². The van der Waals surface area contributed by atoms with Crippen LogP contribution in [0.15, 0.2) is 30.3 Å². The summed E-state index contributed by atoms with van der Waals surface area (Å²) in [5.41, 5.74) is 1.60. The summed E-state index contributed by atoms with van der Waals surface area (Å²) in [6.45, 7) is 8.84. The van der Waals surface area contributed by atoms with Crippen LogP contribution >= 0.6 is 0 Å². The van der Waals surface area contributed by atoms with E-state index >= 15 is 0 Å². The van der Waals surface area contributed by atoms with E-state index in [4.69, 9.17) is 0 Å². The van der Waals surface area contributed by atoms with Gasteiger partial charge in [-0.1, -0.05) is 30.3 Å². The Balaban J connectivity index is 2.46. The highest BCUT2D eigenvalue weighted by Gasteiger charge is 2.13. The molecule has 14 heavy (non-hydrogen) atoms. The van der Waals surface area contributed by atoms with Gasteiger partial charge in [0.1, 0.15) is 0 Å². The van der Waals surface area contributed by atoms with E-state index < -0.39 is 0 Å². The van der Waals surface area contributed by atoms with E-state index in [2.05, 4.69) is 63.3 Å². The summed E-state index contributed by atoms with van der Waals surface area (Å²) < 4.78 is 0. The van der Waals surface area contributed by atoms with E-state index in [1.165, 1.54) is 5.56 Å². The molecule has 1 unspecified atom stereocenters. The molecule has 0 saturated carbocycles. The summed E-state index contributed by atoms with van der Waals surface area (Å²) in [6, 6.07) is 11.1. The summed E-state index contributed by atoms with van der Waals surface area (Å²) in [7, 11) is 0. The molecule has 0 radical (unpaired) electrons. The van der Waals surface area contributed by atoms with Crippen molar-refractivity contribution in [2.75, 3.05) is 0 Å². The molecule has 1 rings (SSSR count). The highest BCUT2D eigenvalue weighted by atomic mass is 15.0. The molecule has 0 spiro atoms. The smallest absolute Gasteiger partial charge is 0.00991 e. The van der Waals surface area contributed by atoms with Crippen LogP contribution in [0.5, 0.6) is 0 Å². The molecule has 1 N–H and O–H groups in total. The SMILES string of the molecule is CC(Cc1ccccc1)NC(C)(C)C. The highest BCUT2D eigenvalue weighted by Crippen LogP contribution is 2.06. The fourth-order valence-electron chi connectivity index (χ4n) is 1.76. The van der Waals surface area contributed by atoms with Crippen LogP contribution in [0.4, 0.5) is 0 Å². The van der Waals surface area contributed by atoms with Crippen molar-refractivity contribution in [1.82, 2.24) is 5.32 Å². The lowest BCUT2D eigenvalue weighted by molar-refractivity contribution is 0.371. The maximum atomic E-state index is 3.57. The Labute approximate surface area is 87.5 Å². The van der Waals surface area contributed by atoms with Crippen molar-refractivity contribution in [3.05, 3.63) is 35.9 Å². The molecule has 1 aromatic rings. The minimum Gasteiger partial charge on any atom is -0.309 e. The van der Waals surface area contributed by atoms with Crippen LogP contribution in [-0.4, -0.2) is 11.6 Å². The standard InChI is InChI=1S/C13H21N/c1-11(14-13(2,3)4)10-12-8-6-5-7-9-12/h5-9,11,14H,10H2,1-4H3. The zero-order valence-corrected chi connectivity index (χ0v) is 9.67. The fraction of sp³-hybridized carbons (Fsp3) is 0.538. The Hall–Kier alpha value is -0.820. The van der Waals surface area contributed by atoms with Crippen LogP contribution in [0.1, 0.15) is 33.3 Å². The summed E-state index contributed by atoms with van der Waals surface area (Å²) in [5.74, 6) is 0. The molecule has 1 aromatic carbocycles. The second kappa shape index (κ2) is 4.61. The molecule has 1 heteroatoms. The maximum absolute atomic E-state index is 3.57. The number of rotatable bonds is 3. The minimum atomic E-state index is 0.203.